The standard InChI is InChI=1S/C14H22O2/c1-11(2)14(15)6-4-5-12-7-9-13(16-3)10-8-12/h7-11,14-15H,4-6H2,1-3H3. The van der Waals surface area contributed by atoms with E-state index in [9.17, 15) is 5.11 Å². The van der Waals surface area contributed by atoms with E-state index in [1.807, 2.05) is 12.1 Å². The maximum atomic E-state index is 9.67. The largest absolute Gasteiger partial charge is 0.497 e. The molecule has 0 heterocycles. The highest BCUT2D eigenvalue weighted by molar-refractivity contribution is 5.27. The average molecular weight is 222 g/mol. The Balaban J connectivity index is 2.31. The van der Waals surface area contributed by atoms with Crippen molar-refractivity contribution < 1.29 is 9.84 Å². The van der Waals surface area contributed by atoms with E-state index < -0.39 is 0 Å². The summed E-state index contributed by atoms with van der Waals surface area (Å²) in [6, 6.07) is 8.13. The van der Waals surface area contributed by atoms with Gasteiger partial charge in [-0.1, -0.05) is 26.0 Å². The molecule has 90 valence electrons. The van der Waals surface area contributed by atoms with Gasteiger partial charge < -0.3 is 9.84 Å². The van der Waals surface area contributed by atoms with Crippen molar-refractivity contribution in [3.8, 4) is 5.75 Å². The van der Waals surface area contributed by atoms with E-state index in [4.69, 9.17) is 4.74 Å². The zero-order valence-electron chi connectivity index (χ0n) is 10.4. The first-order chi connectivity index (χ1) is 7.63. The summed E-state index contributed by atoms with van der Waals surface area (Å²) >= 11 is 0. The Bertz CT molecular complexity index is 290. The first kappa shape index (κ1) is 13.0. The van der Waals surface area contributed by atoms with Gasteiger partial charge in [0, 0.05) is 0 Å². The Morgan fingerprint density at radius 3 is 2.31 bits per heavy atom. The van der Waals surface area contributed by atoms with Gasteiger partial charge >= 0.3 is 0 Å². The molecule has 1 rings (SSSR count). The second-order valence-electron chi connectivity index (χ2n) is 4.55. The maximum Gasteiger partial charge on any atom is 0.118 e. The smallest absolute Gasteiger partial charge is 0.118 e. The minimum atomic E-state index is -0.168. The molecule has 1 N–H and O–H groups in total. The van der Waals surface area contributed by atoms with Gasteiger partial charge in [-0.2, -0.15) is 0 Å². The number of aliphatic hydroxyl groups is 1. The Labute approximate surface area is 98.3 Å². The normalized spacial score (nSPS) is 12.8. The van der Waals surface area contributed by atoms with Gasteiger partial charge in [0.05, 0.1) is 13.2 Å². The van der Waals surface area contributed by atoms with Gasteiger partial charge in [-0.25, -0.2) is 0 Å². The molecule has 1 aromatic rings. The van der Waals surface area contributed by atoms with Gasteiger partial charge in [-0.15, -0.1) is 0 Å². The molecule has 1 unspecified atom stereocenters. The lowest BCUT2D eigenvalue weighted by atomic mass is 9.99. The zero-order valence-corrected chi connectivity index (χ0v) is 10.4. The summed E-state index contributed by atoms with van der Waals surface area (Å²) < 4.78 is 5.10. The summed E-state index contributed by atoms with van der Waals surface area (Å²) in [6.07, 6.45) is 2.77. The highest BCUT2D eigenvalue weighted by atomic mass is 16.5. The van der Waals surface area contributed by atoms with Crippen molar-refractivity contribution in [1.82, 2.24) is 0 Å². The number of aliphatic hydroxyl groups excluding tert-OH is 1. The van der Waals surface area contributed by atoms with E-state index in [1.165, 1.54) is 5.56 Å². The van der Waals surface area contributed by atoms with E-state index in [1.54, 1.807) is 7.11 Å². The number of hydrogen-bond donors (Lipinski definition) is 1. The van der Waals surface area contributed by atoms with Crippen molar-refractivity contribution in [3.05, 3.63) is 29.8 Å². The first-order valence-electron chi connectivity index (χ1n) is 5.94. The molecular formula is C14H22O2. The minimum absolute atomic E-state index is 0.168. The van der Waals surface area contributed by atoms with Crippen LogP contribution in [0.2, 0.25) is 0 Å². The van der Waals surface area contributed by atoms with Crippen molar-refractivity contribution >= 4 is 0 Å². The van der Waals surface area contributed by atoms with Crippen molar-refractivity contribution in [2.45, 2.75) is 39.2 Å². The van der Waals surface area contributed by atoms with Crippen LogP contribution in [0.25, 0.3) is 0 Å². The van der Waals surface area contributed by atoms with E-state index in [0.717, 1.165) is 25.0 Å². The Hall–Kier alpha value is -1.02. The van der Waals surface area contributed by atoms with Crippen LogP contribution in [0.3, 0.4) is 0 Å². The van der Waals surface area contributed by atoms with Gasteiger partial charge in [-0.3, -0.25) is 0 Å². The lowest BCUT2D eigenvalue weighted by Crippen LogP contribution is -2.14. The second kappa shape index (κ2) is 6.54. The quantitative estimate of drug-likeness (QED) is 0.801. The van der Waals surface area contributed by atoms with Crippen LogP contribution in [-0.4, -0.2) is 18.3 Å². The summed E-state index contributed by atoms with van der Waals surface area (Å²) in [6.45, 7) is 4.11. The van der Waals surface area contributed by atoms with Crippen LogP contribution in [-0.2, 0) is 6.42 Å². The third kappa shape index (κ3) is 4.23. The molecule has 0 fully saturated rings. The molecule has 0 aliphatic carbocycles. The fourth-order valence-corrected chi connectivity index (χ4v) is 1.64. The third-order valence-corrected chi connectivity index (χ3v) is 2.89. The molecule has 0 spiro atoms. The summed E-state index contributed by atoms with van der Waals surface area (Å²) in [7, 11) is 1.67. The number of aryl methyl sites for hydroxylation is 1. The molecule has 0 saturated carbocycles. The van der Waals surface area contributed by atoms with Gasteiger partial charge in [-0.05, 0) is 42.9 Å². The van der Waals surface area contributed by atoms with Gasteiger partial charge in [0.1, 0.15) is 5.75 Å². The molecular weight excluding hydrogens is 200 g/mol. The lowest BCUT2D eigenvalue weighted by Gasteiger charge is -2.13. The minimum Gasteiger partial charge on any atom is -0.497 e. The molecule has 1 aromatic carbocycles. The number of benzene rings is 1. The molecule has 0 aromatic heterocycles. The molecule has 0 amide bonds. The van der Waals surface area contributed by atoms with Crippen LogP contribution >= 0.6 is 0 Å². The first-order valence-corrected chi connectivity index (χ1v) is 5.94. The van der Waals surface area contributed by atoms with Gasteiger partial charge in [0.2, 0.25) is 0 Å². The molecule has 0 aliphatic rings. The SMILES string of the molecule is COc1ccc(CCCC(O)C(C)C)cc1. The highest BCUT2D eigenvalue weighted by Gasteiger charge is 2.08. The molecule has 0 aliphatic heterocycles. The summed E-state index contributed by atoms with van der Waals surface area (Å²) in [5, 5.41) is 9.67. The summed E-state index contributed by atoms with van der Waals surface area (Å²) in [5.74, 6) is 1.25. The highest BCUT2D eigenvalue weighted by Crippen LogP contribution is 2.15. The zero-order chi connectivity index (χ0) is 12.0. The van der Waals surface area contributed by atoms with Crippen LogP contribution in [0.5, 0.6) is 5.75 Å². The summed E-state index contributed by atoms with van der Waals surface area (Å²) in [5.41, 5.74) is 1.30. The molecule has 0 radical (unpaired) electrons. The lowest BCUT2D eigenvalue weighted by molar-refractivity contribution is 0.114. The average Bonchev–Trinajstić information content (AvgIpc) is 2.29. The van der Waals surface area contributed by atoms with Crippen molar-refractivity contribution in [1.29, 1.82) is 0 Å². The van der Waals surface area contributed by atoms with E-state index >= 15 is 0 Å². The Kier molecular flexibility index (Phi) is 5.33. The molecule has 0 bridgehead atoms. The van der Waals surface area contributed by atoms with Crippen LogP contribution in [0.15, 0.2) is 24.3 Å². The number of methoxy groups -OCH3 is 1. The topological polar surface area (TPSA) is 29.5 Å². The fourth-order valence-electron chi connectivity index (χ4n) is 1.64. The van der Waals surface area contributed by atoms with Crippen LogP contribution < -0.4 is 4.74 Å². The van der Waals surface area contributed by atoms with Crippen molar-refractivity contribution in [3.63, 3.8) is 0 Å². The van der Waals surface area contributed by atoms with E-state index in [2.05, 4.69) is 26.0 Å². The molecule has 0 saturated heterocycles. The number of ether oxygens (including phenoxy) is 1. The van der Waals surface area contributed by atoms with E-state index in [-0.39, 0.29) is 6.10 Å². The predicted octanol–water partition coefficient (Wildman–Crippen LogP) is 3.03. The second-order valence-corrected chi connectivity index (χ2v) is 4.55. The predicted molar refractivity (Wildman–Crippen MR) is 66.8 cm³/mol. The van der Waals surface area contributed by atoms with Crippen molar-refractivity contribution in [2.75, 3.05) is 7.11 Å². The van der Waals surface area contributed by atoms with Crippen molar-refractivity contribution in [2.24, 2.45) is 5.92 Å². The summed E-state index contributed by atoms with van der Waals surface area (Å²) in [4.78, 5) is 0. The Morgan fingerprint density at radius 2 is 1.81 bits per heavy atom. The molecule has 2 heteroatoms. The fraction of sp³-hybridized carbons (Fsp3) is 0.571. The molecule has 2 nitrogen and oxygen atoms in total. The molecule has 1 atom stereocenters. The Morgan fingerprint density at radius 1 is 1.19 bits per heavy atom. The third-order valence-electron chi connectivity index (χ3n) is 2.89. The van der Waals surface area contributed by atoms with Crippen LogP contribution in [0, 0.1) is 5.92 Å². The molecule has 16 heavy (non-hydrogen) atoms. The van der Waals surface area contributed by atoms with Crippen LogP contribution in [0.4, 0.5) is 0 Å². The number of hydrogen-bond acceptors (Lipinski definition) is 2. The van der Waals surface area contributed by atoms with Gasteiger partial charge in [0.25, 0.3) is 0 Å². The van der Waals surface area contributed by atoms with Crippen LogP contribution in [0.1, 0.15) is 32.3 Å². The number of rotatable bonds is 6. The monoisotopic (exact) mass is 222 g/mol. The van der Waals surface area contributed by atoms with E-state index in [0.29, 0.717) is 5.92 Å². The maximum absolute atomic E-state index is 9.67. The van der Waals surface area contributed by atoms with Gasteiger partial charge in [0.15, 0.2) is 0 Å².